The lowest BCUT2D eigenvalue weighted by atomic mass is 9.88. The van der Waals surface area contributed by atoms with Gasteiger partial charge in [0.05, 0.1) is 31.3 Å². The van der Waals surface area contributed by atoms with Gasteiger partial charge in [-0.2, -0.15) is 0 Å². The summed E-state index contributed by atoms with van der Waals surface area (Å²) in [7, 11) is -3.89. The van der Waals surface area contributed by atoms with Gasteiger partial charge in [-0.3, -0.25) is 19.1 Å². The number of alkyl carbamates (subject to hydrolysis) is 1. The Kier molecular flexibility index (Phi) is 11.8. The SMILES string of the molecule is CCCOc1cnc(OCC2CC3C(=O)NC4(C(=O)NS(=O)(=O)C5CC5)CC4C=CCCC(C)CC(C)C(NC(=O)OCC4(C)CC4)C(=O)N3C2)c2ccccc12. The van der Waals surface area contributed by atoms with E-state index in [1.165, 1.54) is 4.90 Å². The summed E-state index contributed by atoms with van der Waals surface area (Å²) in [5.41, 5.74) is -1.53. The fourth-order valence-corrected chi connectivity index (χ4v) is 9.57. The van der Waals surface area contributed by atoms with Crippen LogP contribution in [0.25, 0.3) is 10.8 Å². The Balaban J connectivity index is 1.16. The number of hydrogen-bond acceptors (Lipinski definition) is 10. The van der Waals surface area contributed by atoms with Crippen molar-refractivity contribution in [3.8, 4) is 11.6 Å². The van der Waals surface area contributed by atoms with Gasteiger partial charge in [0.15, 0.2) is 0 Å². The molecule has 3 saturated carbocycles. The first-order valence-electron chi connectivity index (χ1n) is 20.6. The monoisotopic (exact) mass is 807 g/mol. The van der Waals surface area contributed by atoms with E-state index in [1.54, 1.807) is 6.20 Å². The Morgan fingerprint density at radius 1 is 1.05 bits per heavy atom. The van der Waals surface area contributed by atoms with Crippen LogP contribution >= 0.6 is 0 Å². The standard InChI is InChI=1S/C42H57N5O9S/c1-5-18-54-34-22-43-37(32-13-9-8-12-31(32)34)55-24-28-20-33-36(48)45-42(39(50)46-57(52,53)30-14-15-30)21-29(42)11-7-6-10-26(2)19-27(3)35(38(49)47(33)23-28)44-40(51)56-25-41(4)16-17-41/h7-9,11-13,22,26-30,33,35H,5-6,10,14-21,23-25H2,1-4H3,(H,44,51)(H,45,48)(H,46,50). The van der Waals surface area contributed by atoms with Gasteiger partial charge in [0.1, 0.15) is 23.4 Å². The molecule has 310 valence electrons. The lowest BCUT2D eigenvalue weighted by Gasteiger charge is -2.33. The van der Waals surface area contributed by atoms with Crippen molar-refractivity contribution in [3.05, 3.63) is 42.6 Å². The number of sulfonamides is 1. The fraction of sp³-hybridized carbons (Fsp3) is 0.643. The molecule has 3 aliphatic carbocycles. The number of benzene rings is 1. The van der Waals surface area contributed by atoms with Crippen LogP contribution in [0, 0.1) is 29.1 Å². The van der Waals surface area contributed by atoms with Gasteiger partial charge in [-0.05, 0) is 82.1 Å². The fourth-order valence-electron chi connectivity index (χ4n) is 8.20. The van der Waals surface area contributed by atoms with Gasteiger partial charge >= 0.3 is 6.09 Å². The van der Waals surface area contributed by atoms with E-state index in [0.717, 1.165) is 36.5 Å². The molecule has 0 bridgehead atoms. The average molecular weight is 808 g/mol. The number of allylic oxidation sites excluding steroid dienone is 1. The smallest absolute Gasteiger partial charge is 0.407 e. The van der Waals surface area contributed by atoms with Crippen molar-refractivity contribution >= 4 is 44.6 Å². The molecule has 14 nitrogen and oxygen atoms in total. The lowest BCUT2D eigenvalue weighted by molar-refractivity contribution is -0.142. The van der Waals surface area contributed by atoms with Crippen LogP contribution in [-0.4, -0.2) is 91.4 Å². The molecule has 7 atom stereocenters. The Bertz CT molecular complexity index is 2000. The van der Waals surface area contributed by atoms with Crippen molar-refractivity contribution in [1.29, 1.82) is 0 Å². The predicted octanol–water partition coefficient (Wildman–Crippen LogP) is 5.01. The number of carbonyl (C=O) groups is 4. The zero-order valence-electron chi connectivity index (χ0n) is 33.5. The van der Waals surface area contributed by atoms with E-state index in [0.29, 0.717) is 43.9 Å². The van der Waals surface area contributed by atoms with E-state index in [1.807, 2.05) is 50.3 Å². The molecular weight excluding hydrogens is 751 g/mol. The van der Waals surface area contributed by atoms with Gasteiger partial charge in [0, 0.05) is 34.6 Å². The predicted molar refractivity (Wildman–Crippen MR) is 213 cm³/mol. The van der Waals surface area contributed by atoms with Crippen LogP contribution < -0.4 is 24.8 Å². The molecule has 0 spiro atoms. The molecule has 7 rings (SSSR count). The molecule has 57 heavy (non-hydrogen) atoms. The summed E-state index contributed by atoms with van der Waals surface area (Å²) in [4.78, 5) is 62.4. The second kappa shape index (κ2) is 16.5. The number of amides is 4. The zero-order valence-corrected chi connectivity index (χ0v) is 34.3. The summed E-state index contributed by atoms with van der Waals surface area (Å²) >= 11 is 0. The largest absolute Gasteiger partial charge is 0.491 e. The van der Waals surface area contributed by atoms with E-state index in [9.17, 15) is 27.6 Å². The van der Waals surface area contributed by atoms with E-state index in [4.69, 9.17) is 14.2 Å². The number of ether oxygens (including phenoxy) is 3. The van der Waals surface area contributed by atoms with Crippen LogP contribution in [0.3, 0.4) is 0 Å². The third-order valence-electron chi connectivity index (χ3n) is 12.3. The molecule has 1 saturated heterocycles. The maximum atomic E-state index is 14.8. The number of pyridine rings is 1. The van der Waals surface area contributed by atoms with E-state index < -0.39 is 62.6 Å². The minimum Gasteiger partial charge on any atom is -0.491 e. The highest BCUT2D eigenvalue weighted by molar-refractivity contribution is 7.91. The summed E-state index contributed by atoms with van der Waals surface area (Å²) < 4.78 is 45.9. The van der Waals surface area contributed by atoms with Crippen LogP contribution in [0.15, 0.2) is 42.6 Å². The molecular formula is C42H57N5O9S. The van der Waals surface area contributed by atoms with Crippen LogP contribution in [0.1, 0.15) is 91.9 Å². The Morgan fingerprint density at radius 2 is 1.81 bits per heavy atom. The maximum Gasteiger partial charge on any atom is 0.407 e. The number of carbonyl (C=O) groups excluding carboxylic acids is 4. The van der Waals surface area contributed by atoms with E-state index >= 15 is 0 Å². The van der Waals surface area contributed by atoms with Crippen molar-refractivity contribution < 1.29 is 41.8 Å². The summed E-state index contributed by atoms with van der Waals surface area (Å²) in [6.07, 6.45) is 11.1. The Labute approximate surface area is 335 Å². The van der Waals surface area contributed by atoms with Gasteiger partial charge in [-0.15, -0.1) is 0 Å². The van der Waals surface area contributed by atoms with Crippen LogP contribution in [-0.2, 0) is 29.1 Å². The van der Waals surface area contributed by atoms with Crippen LogP contribution in [0.5, 0.6) is 11.6 Å². The van der Waals surface area contributed by atoms with E-state index in [-0.39, 0.29) is 55.8 Å². The summed E-state index contributed by atoms with van der Waals surface area (Å²) in [6, 6.07) is 5.64. The molecule has 3 N–H and O–H groups in total. The summed E-state index contributed by atoms with van der Waals surface area (Å²) in [6.45, 7) is 9.17. The van der Waals surface area contributed by atoms with Crippen LogP contribution in [0.2, 0.25) is 0 Å². The van der Waals surface area contributed by atoms with Gasteiger partial charge in [-0.25, -0.2) is 18.2 Å². The highest BCUT2D eigenvalue weighted by atomic mass is 32.2. The molecule has 1 aromatic carbocycles. The second-order valence-corrected chi connectivity index (χ2v) is 19.5. The number of fused-ring (bicyclic) bond motifs is 3. The summed E-state index contributed by atoms with van der Waals surface area (Å²) in [5.74, 6) is -1.58. The molecule has 15 heteroatoms. The second-order valence-electron chi connectivity index (χ2n) is 17.5. The van der Waals surface area contributed by atoms with E-state index in [2.05, 4.69) is 34.2 Å². The molecule has 7 unspecified atom stereocenters. The highest BCUT2D eigenvalue weighted by Gasteiger charge is 2.62. The maximum absolute atomic E-state index is 14.8. The third-order valence-corrected chi connectivity index (χ3v) is 14.1. The van der Waals surface area contributed by atoms with Crippen molar-refractivity contribution in [2.75, 3.05) is 26.4 Å². The third kappa shape index (κ3) is 9.34. The van der Waals surface area contributed by atoms with Gasteiger partial charge < -0.3 is 29.7 Å². The number of nitrogens with one attached hydrogen (secondary N) is 3. The average Bonchev–Trinajstić information content (AvgIpc) is 4.13. The quantitative estimate of drug-likeness (QED) is 0.247. The molecule has 5 aliphatic rings. The first kappa shape index (κ1) is 40.8. The Hall–Kier alpha value is -4.40. The lowest BCUT2D eigenvalue weighted by Crippen LogP contribution is -2.59. The number of nitrogens with zero attached hydrogens (tertiary/aromatic N) is 2. The van der Waals surface area contributed by atoms with Crippen molar-refractivity contribution in [2.24, 2.45) is 29.1 Å². The number of aromatic nitrogens is 1. The molecule has 4 amide bonds. The van der Waals surface area contributed by atoms with Gasteiger partial charge in [0.25, 0.3) is 5.91 Å². The Morgan fingerprint density at radius 3 is 2.53 bits per heavy atom. The normalized spacial score (nSPS) is 29.9. The topological polar surface area (TPSA) is 182 Å². The summed E-state index contributed by atoms with van der Waals surface area (Å²) in [5, 5.41) is 6.80. The number of rotatable bonds is 12. The van der Waals surface area contributed by atoms with Gasteiger partial charge in [-0.1, -0.05) is 58.0 Å². The molecule has 2 aliphatic heterocycles. The van der Waals surface area contributed by atoms with Crippen molar-refractivity contribution in [3.63, 3.8) is 0 Å². The number of hydrogen-bond donors (Lipinski definition) is 3. The van der Waals surface area contributed by atoms with Crippen molar-refractivity contribution in [1.82, 2.24) is 25.2 Å². The van der Waals surface area contributed by atoms with Crippen molar-refractivity contribution in [2.45, 2.75) is 115 Å². The first-order valence-corrected chi connectivity index (χ1v) is 22.2. The minimum absolute atomic E-state index is 0.0495. The molecule has 3 heterocycles. The minimum atomic E-state index is -3.89. The highest BCUT2D eigenvalue weighted by Crippen LogP contribution is 2.47. The molecule has 1 aromatic heterocycles. The molecule has 2 aromatic rings. The van der Waals surface area contributed by atoms with Crippen LogP contribution in [0.4, 0.5) is 4.79 Å². The zero-order chi connectivity index (χ0) is 40.5. The molecule has 0 radical (unpaired) electrons. The van der Waals surface area contributed by atoms with Gasteiger partial charge in [0.2, 0.25) is 27.7 Å². The first-order chi connectivity index (χ1) is 27.2. The molecule has 4 fully saturated rings.